The van der Waals surface area contributed by atoms with E-state index in [-0.39, 0.29) is 6.42 Å². The highest BCUT2D eigenvalue weighted by atomic mass is 16.4. The van der Waals surface area contributed by atoms with Gasteiger partial charge in [-0.15, -0.1) is 0 Å². The van der Waals surface area contributed by atoms with Gasteiger partial charge in [-0.05, 0) is 63.0 Å². The van der Waals surface area contributed by atoms with Crippen LogP contribution in [0.1, 0.15) is 58.3 Å². The number of hydrogen-bond acceptors (Lipinski definition) is 4. The summed E-state index contributed by atoms with van der Waals surface area (Å²) < 4.78 is 5.57. The first-order valence-electron chi connectivity index (χ1n) is 8.97. The van der Waals surface area contributed by atoms with Crippen molar-refractivity contribution >= 4 is 0 Å². The van der Waals surface area contributed by atoms with Gasteiger partial charge in [-0.1, -0.05) is 26.0 Å². The lowest BCUT2D eigenvalue weighted by Gasteiger charge is -2.30. The van der Waals surface area contributed by atoms with Crippen LogP contribution in [0.3, 0.4) is 0 Å². The minimum absolute atomic E-state index is 0.264. The quantitative estimate of drug-likeness (QED) is 0.688. The molecule has 0 saturated heterocycles. The van der Waals surface area contributed by atoms with Gasteiger partial charge in [0.25, 0.3) is 0 Å². The van der Waals surface area contributed by atoms with Crippen LogP contribution in [-0.2, 0) is 12.8 Å². The highest BCUT2D eigenvalue weighted by Gasteiger charge is 2.33. The lowest BCUT2D eigenvalue weighted by atomic mass is 9.84. The predicted octanol–water partition coefficient (Wildman–Crippen LogP) is 3.24. The molecule has 4 nitrogen and oxygen atoms in total. The monoisotopic (exact) mass is 336 g/mol. The maximum absolute atomic E-state index is 10.6. The second-order valence-electron chi connectivity index (χ2n) is 8.17. The third-order valence-corrected chi connectivity index (χ3v) is 5.21. The summed E-state index contributed by atoms with van der Waals surface area (Å²) in [4.78, 5) is 0. The van der Waals surface area contributed by atoms with E-state index in [0.29, 0.717) is 30.4 Å². The number of aryl methyl sites for hydroxylation is 1. The van der Waals surface area contributed by atoms with E-state index in [1.807, 2.05) is 12.1 Å². The van der Waals surface area contributed by atoms with Crippen LogP contribution in [0.2, 0.25) is 0 Å². The van der Waals surface area contributed by atoms with Gasteiger partial charge in [-0.3, -0.25) is 0 Å². The van der Waals surface area contributed by atoms with Gasteiger partial charge >= 0.3 is 0 Å². The molecule has 2 bridgehead atoms. The fraction of sp³-hybridized carbons (Fsp3) is 0.700. The molecule has 0 fully saturated rings. The Morgan fingerprint density at radius 1 is 1.21 bits per heavy atom. The van der Waals surface area contributed by atoms with Gasteiger partial charge in [0.2, 0.25) is 0 Å². The summed E-state index contributed by atoms with van der Waals surface area (Å²) in [5.41, 5.74) is -1.15. The van der Waals surface area contributed by atoms with E-state index >= 15 is 0 Å². The number of furan rings is 1. The van der Waals surface area contributed by atoms with Crippen molar-refractivity contribution in [1.29, 1.82) is 0 Å². The number of aliphatic hydroxyl groups is 3. The molecule has 1 aromatic heterocycles. The van der Waals surface area contributed by atoms with E-state index in [9.17, 15) is 15.3 Å². The molecular weight excluding hydrogens is 304 g/mol. The maximum Gasteiger partial charge on any atom is 0.107 e. The molecule has 0 amide bonds. The third-order valence-electron chi connectivity index (χ3n) is 5.21. The first kappa shape index (κ1) is 19.2. The molecule has 0 aliphatic heterocycles. The molecule has 0 aromatic carbocycles. The molecule has 1 heterocycles. The molecule has 2 rings (SSSR count). The van der Waals surface area contributed by atoms with E-state index in [0.717, 1.165) is 18.4 Å². The third kappa shape index (κ3) is 5.20. The molecule has 1 aromatic rings. The van der Waals surface area contributed by atoms with Crippen LogP contribution in [0, 0.1) is 11.8 Å². The normalized spacial score (nSPS) is 35.8. The van der Waals surface area contributed by atoms with Crippen LogP contribution in [0.25, 0.3) is 0 Å². The SMILES string of the molecule is CC(C)[C@H]1C=C[C@@](C)(O)CC[C@@H](O)[C@](C)(O)Cc2cc(co2)CC1. The van der Waals surface area contributed by atoms with Crippen LogP contribution in [-0.4, -0.2) is 32.6 Å². The Morgan fingerprint density at radius 2 is 1.92 bits per heavy atom. The molecule has 4 atom stereocenters. The van der Waals surface area contributed by atoms with Gasteiger partial charge in [0, 0.05) is 6.42 Å². The minimum atomic E-state index is -1.28. The number of aliphatic hydroxyl groups excluding tert-OH is 1. The van der Waals surface area contributed by atoms with Crippen molar-refractivity contribution in [2.45, 2.75) is 77.1 Å². The Bertz CT molecular complexity index is 554. The second kappa shape index (κ2) is 7.42. The van der Waals surface area contributed by atoms with Gasteiger partial charge in [-0.25, -0.2) is 0 Å². The summed E-state index contributed by atoms with van der Waals surface area (Å²) in [5, 5.41) is 31.5. The van der Waals surface area contributed by atoms with Crippen molar-refractivity contribution in [1.82, 2.24) is 0 Å². The van der Waals surface area contributed by atoms with Crippen molar-refractivity contribution in [3.05, 3.63) is 35.8 Å². The molecule has 1 aliphatic carbocycles. The summed E-state index contributed by atoms with van der Waals surface area (Å²) in [6.07, 6.45) is 7.64. The van der Waals surface area contributed by atoms with Crippen LogP contribution in [0.5, 0.6) is 0 Å². The van der Waals surface area contributed by atoms with E-state index in [1.165, 1.54) is 0 Å². The van der Waals surface area contributed by atoms with E-state index in [2.05, 4.69) is 19.9 Å². The summed E-state index contributed by atoms with van der Waals surface area (Å²) in [5.74, 6) is 1.56. The Balaban J connectivity index is 2.26. The van der Waals surface area contributed by atoms with Crippen molar-refractivity contribution in [2.75, 3.05) is 0 Å². The van der Waals surface area contributed by atoms with Crippen LogP contribution in [0.15, 0.2) is 28.9 Å². The number of hydrogen-bond donors (Lipinski definition) is 3. The van der Waals surface area contributed by atoms with Gasteiger partial charge in [0.15, 0.2) is 0 Å². The standard InChI is InChI=1S/C20H32O4/c1-14(2)16-6-5-15-11-17(24-13-15)12-20(4,23)18(21)8-10-19(3,22)9-7-16/h7,9,11,13-14,16,18,21-23H,5-6,8,10,12H2,1-4H3/t16-,18-,19-,20-/m1/s1. The number of rotatable bonds is 1. The van der Waals surface area contributed by atoms with E-state index in [1.54, 1.807) is 20.1 Å². The Morgan fingerprint density at radius 3 is 2.58 bits per heavy atom. The first-order chi connectivity index (χ1) is 11.1. The molecule has 136 valence electrons. The lowest BCUT2D eigenvalue weighted by Crippen LogP contribution is -2.42. The molecule has 1 aliphatic rings. The van der Waals surface area contributed by atoms with Crippen LogP contribution >= 0.6 is 0 Å². The van der Waals surface area contributed by atoms with E-state index in [4.69, 9.17) is 4.42 Å². The fourth-order valence-corrected chi connectivity index (χ4v) is 3.26. The van der Waals surface area contributed by atoms with Gasteiger partial charge in [0.1, 0.15) is 5.76 Å². The molecule has 24 heavy (non-hydrogen) atoms. The molecule has 0 saturated carbocycles. The number of fused-ring (bicyclic) bond motifs is 2. The summed E-state index contributed by atoms with van der Waals surface area (Å²) in [6.45, 7) is 7.75. The Hall–Kier alpha value is -1.10. The maximum atomic E-state index is 10.6. The summed E-state index contributed by atoms with van der Waals surface area (Å²) in [7, 11) is 0. The van der Waals surface area contributed by atoms with Gasteiger partial charge in [0.05, 0.1) is 23.6 Å². The molecular formula is C20H32O4. The zero-order valence-corrected chi connectivity index (χ0v) is 15.3. The summed E-state index contributed by atoms with van der Waals surface area (Å²) >= 11 is 0. The number of allylic oxidation sites excluding steroid dienone is 1. The summed E-state index contributed by atoms with van der Waals surface area (Å²) in [6, 6.07) is 1.98. The lowest BCUT2D eigenvalue weighted by molar-refractivity contribution is -0.0735. The average molecular weight is 336 g/mol. The van der Waals surface area contributed by atoms with Crippen molar-refractivity contribution in [2.24, 2.45) is 11.8 Å². The first-order valence-corrected chi connectivity index (χ1v) is 8.97. The molecule has 3 N–H and O–H groups in total. The molecule has 0 spiro atoms. The fourth-order valence-electron chi connectivity index (χ4n) is 3.26. The molecule has 0 radical (unpaired) electrons. The van der Waals surface area contributed by atoms with Gasteiger partial charge in [-0.2, -0.15) is 0 Å². The minimum Gasteiger partial charge on any atom is -0.469 e. The zero-order chi connectivity index (χ0) is 18.0. The topological polar surface area (TPSA) is 73.8 Å². The van der Waals surface area contributed by atoms with Gasteiger partial charge < -0.3 is 19.7 Å². The smallest absolute Gasteiger partial charge is 0.107 e. The zero-order valence-electron chi connectivity index (χ0n) is 15.3. The van der Waals surface area contributed by atoms with Crippen molar-refractivity contribution in [3.63, 3.8) is 0 Å². The molecule has 4 heteroatoms. The average Bonchev–Trinajstić information content (AvgIpc) is 2.90. The Kier molecular flexibility index (Phi) is 5.95. The van der Waals surface area contributed by atoms with Crippen LogP contribution < -0.4 is 0 Å². The van der Waals surface area contributed by atoms with Crippen molar-refractivity contribution < 1.29 is 19.7 Å². The predicted molar refractivity (Wildman–Crippen MR) is 94.7 cm³/mol. The molecule has 0 unspecified atom stereocenters. The largest absolute Gasteiger partial charge is 0.469 e. The second-order valence-corrected chi connectivity index (χ2v) is 8.17. The highest BCUT2D eigenvalue weighted by molar-refractivity contribution is 5.16. The van der Waals surface area contributed by atoms with E-state index < -0.39 is 17.3 Å². The highest BCUT2D eigenvalue weighted by Crippen LogP contribution is 2.28. The van der Waals surface area contributed by atoms with Crippen LogP contribution in [0.4, 0.5) is 0 Å². The Labute approximate surface area is 145 Å². The van der Waals surface area contributed by atoms with Crippen molar-refractivity contribution in [3.8, 4) is 0 Å².